The fourth-order valence-electron chi connectivity index (χ4n) is 3.92. The molecule has 2 aromatic carbocycles. The lowest BCUT2D eigenvalue weighted by Gasteiger charge is -2.18. The standard InChI is InChI=1S/C26H28O3/c1-3-24-21(14-16-25(24)20-10-6-5-7-11-20)13-15-23(27)18-19-9-8-12-22(17-19)26(28)29-4-2/h5-12,14,16-17,24H,3-4,13,15,18H2,1-2H3. The summed E-state index contributed by atoms with van der Waals surface area (Å²) in [5.74, 6) is 0.232. The number of Topliss-reactive ketones (excluding diaryl/α,β-unsaturated/α-hetero) is 1. The Bertz CT molecular complexity index is 922. The molecule has 1 atom stereocenters. The third kappa shape index (κ3) is 5.32. The zero-order valence-corrected chi connectivity index (χ0v) is 17.2. The Kier molecular flexibility index (Phi) is 7.18. The first kappa shape index (κ1) is 20.8. The SMILES string of the molecule is CCOC(=O)c1cccc(CC(=O)CCC2=CC=C(c3ccccc3)C2CC)c1. The maximum Gasteiger partial charge on any atom is 0.338 e. The smallest absolute Gasteiger partial charge is 0.338 e. The number of esters is 1. The first-order valence-electron chi connectivity index (χ1n) is 10.4. The number of allylic oxidation sites excluding steroid dienone is 4. The van der Waals surface area contributed by atoms with Gasteiger partial charge in [0.25, 0.3) is 0 Å². The molecule has 0 N–H and O–H groups in total. The topological polar surface area (TPSA) is 43.4 Å². The van der Waals surface area contributed by atoms with Crippen LogP contribution in [0.2, 0.25) is 0 Å². The van der Waals surface area contributed by atoms with Gasteiger partial charge in [0.15, 0.2) is 0 Å². The molecule has 2 aromatic rings. The minimum atomic E-state index is -0.344. The van der Waals surface area contributed by atoms with Crippen LogP contribution >= 0.6 is 0 Å². The zero-order chi connectivity index (χ0) is 20.6. The van der Waals surface area contributed by atoms with Crippen LogP contribution < -0.4 is 0 Å². The minimum Gasteiger partial charge on any atom is -0.462 e. The Morgan fingerprint density at radius 2 is 1.76 bits per heavy atom. The average Bonchev–Trinajstić information content (AvgIpc) is 3.16. The van der Waals surface area contributed by atoms with Crippen LogP contribution in [0, 0.1) is 5.92 Å². The van der Waals surface area contributed by atoms with Crippen LogP contribution in [0.3, 0.4) is 0 Å². The maximum absolute atomic E-state index is 12.6. The van der Waals surface area contributed by atoms with E-state index in [1.165, 1.54) is 16.7 Å². The van der Waals surface area contributed by atoms with Crippen molar-refractivity contribution in [2.45, 2.75) is 39.5 Å². The van der Waals surface area contributed by atoms with Gasteiger partial charge in [0.05, 0.1) is 12.2 Å². The predicted octanol–water partition coefficient (Wildman–Crippen LogP) is 5.80. The molecule has 1 unspecified atom stereocenters. The molecule has 1 aliphatic rings. The zero-order valence-electron chi connectivity index (χ0n) is 17.2. The Morgan fingerprint density at radius 3 is 2.48 bits per heavy atom. The van der Waals surface area contributed by atoms with Gasteiger partial charge in [-0.05, 0) is 48.6 Å². The Labute approximate surface area is 173 Å². The number of hydrogen-bond donors (Lipinski definition) is 0. The molecule has 0 radical (unpaired) electrons. The highest BCUT2D eigenvalue weighted by atomic mass is 16.5. The van der Waals surface area contributed by atoms with Crippen molar-refractivity contribution in [1.82, 2.24) is 0 Å². The molecule has 0 amide bonds. The molecule has 3 heteroatoms. The van der Waals surface area contributed by atoms with Crippen LogP contribution in [-0.2, 0) is 16.0 Å². The summed E-state index contributed by atoms with van der Waals surface area (Å²) in [5, 5.41) is 0. The number of carbonyl (C=O) groups excluding carboxylic acids is 2. The van der Waals surface area contributed by atoms with Gasteiger partial charge in [0, 0.05) is 18.8 Å². The number of carbonyl (C=O) groups is 2. The van der Waals surface area contributed by atoms with Crippen LogP contribution in [0.25, 0.3) is 5.57 Å². The monoisotopic (exact) mass is 388 g/mol. The second-order valence-corrected chi connectivity index (χ2v) is 7.33. The van der Waals surface area contributed by atoms with E-state index >= 15 is 0 Å². The van der Waals surface area contributed by atoms with Gasteiger partial charge >= 0.3 is 5.97 Å². The van der Waals surface area contributed by atoms with Crippen molar-refractivity contribution < 1.29 is 14.3 Å². The Morgan fingerprint density at radius 1 is 0.966 bits per heavy atom. The van der Waals surface area contributed by atoms with Gasteiger partial charge in [0.1, 0.15) is 5.78 Å². The van der Waals surface area contributed by atoms with Crippen molar-refractivity contribution in [2.75, 3.05) is 6.61 Å². The van der Waals surface area contributed by atoms with E-state index in [4.69, 9.17) is 4.74 Å². The number of ketones is 1. The molecule has 0 aliphatic heterocycles. The third-order valence-corrected chi connectivity index (χ3v) is 5.35. The van der Waals surface area contributed by atoms with Crippen LogP contribution in [-0.4, -0.2) is 18.4 Å². The molecule has 1 aliphatic carbocycles. The molecule has 3 nitrogen and oxygen atoms in total. The lowest BCUT2D eigenvalue weighted by molar-refractivity contribution is -0.118. The van der Waals surface area contributed by atoms with Crippen molar-refractivity contribution in [2.24, 2.45) is 5.92 Å². The Hall–Kier alpha value is -2.94. The predicted molar refractivity (Wildman–Crippen MR) is 117 cm³/mol. The van der Waals surface area contributed by atoms with Crippen LogP contribution in [0.1, 0.15) is 54.6 Å². The summed E-state index contributed by atoms with van der Waals surface area (Å²) in [5.41, 5.74) is 5.29. The summed E-state index contributed by atoms with van der Waals surface area (Å²) >= 11 is 0. The molecule has 0 bridgehead atoms. The number of hydrogen-bond acceptors (Lipinski definition) is 3. The molecule has 0 spiro atoms. The number of benzene rings is 2. The highest BCUT2D eigenvalue weighted by molar-refractivity contribution is 5.90. The van der Waals surface area contributed by atoms with Crippen LogP contribution in [0.5, 0.6) is 0 Å². The summed E-state index contributed by atoms with van der Waals surface area (Å²) in [6, 6.07) is 17.6. The minimum absolute atomic E-state index is 0.190. The van der Waals surface area contributed by atoms with E-state index < -0.39 is 0 Å². The molecule has 0 saturated heterocycles. The van der Waals surface area contributed by atoms with Crippen LogP contribution in [0.4, 0.5) is 0 Å². The largest absolute Gasteiger partial charge is 0.462 e. The van der Waals surface area contributed by atoms with Crippen molar-refractivity contribution in [3.63, 3.8) is 0 Å². The highest BCUT2D eigenvalue weighted by Crippen LogP contribution is 2.38. The van der Waals surface area contributed by atoms with Gasteiger partial charge in [-0.25, -0.2) is 4.79 Å². The fraction of sp³-hybridized carbons (Fsp3) is 0.308. The molecule has 3 rings (SSSR count). The van der Waals surface area contributed by atoms with Gasteiger partial charge < -0.3 is 4.74 Å². The molecule has 0 saturated carbocycles. The summed E-state index contributed by atoms with van der Waals surface area (Å²) in [7, 11) is 0. The van der Waals surface area contributed by atoms with E-state index in [9.17, 15) is 9.59 Å². The second-order valence-electron chi connectivity index (χ2n) is 7.33. The lowest BCUT2D eigenvalue weighted by Crippen LogP contribution is -2.09. The molecule has 29 heavy (non-hydrogen) atoms. The van der Waals surface area contributed by atoms with Crippen molar-refractivity contribution in [3.8, 4) is 0 Å². The molecule has 150 valence electrons. The van der Waals surface area contributed by atoms with Gasteiger partial charge in [-0.2, -0.15) is 0 Å². The van der Waals surface area contributed by atoms with Gasteiger partial charge in [-0.3, -0.25) is 4.79 Å². The van der Waals surface area contributed by atoms with E-state index in [1.54, 1.807) is 25.1 Å². The first-order chi connectivity index (χ1) is 14.1. The summed E-state index contributed by atoms with van der Waals surface area (Å²) in [4.78, 5) is 24.4. The van der Waals surface area contributed by atoms with Crippen molar-refractivity contribution >= 4 is 17.3 Å². The third-order valence-electron chi connectivity index (χ3n) is 5.35. The maximum atomic E-state index is 12.6. The normalized spacial score (nSPS) is 15.6. The first-order valence-corrected chi connectivity index (χ1v) is 10.4. The van der Waals surface area contributed by atoms with E-state index in [-0.39, 0.29) is 11.8 Å². The van der Waals surface area contributed by atoms with Gasteiger partial charge in [-0.1, -0.05) is 67.1 Å². The van der Waals surface area contributed by atoms with Gasteiger partial charge in [-0.15, -0.1) is 0 Å². The molecule has 0 fully saturated rings. The van der Waals surface area contributed by atoms with Crippen molar-refractivity contribution in [1.29, 1.82) is 0 Å². The van der Waals surface area contributed by atoms with E-state index in [1.807, 2.05) is 12.1 Å². The quantitative estimate of drug-likeness (QED) is 0.510. The van der Waals surface area contributed by atoms with E-state index in [2.05, 4.69) is 43.3 Å². The fourth-order valence-corrected chi connectivity index (χ4v) is 3.92. The highest BCUT2D eigenvalue weighted by Gasteiger charge is 2.22. The van der Waals surface area contributed by atoms with Gasteiger partial charge in [0.2, 0.25) is 0 Å². The Balaban J connectivity index is 1.56. The number of rotatable bonds is 9. The van der Waals surface area contributed by atoms with Crippen LogP contribution in [0.15, 0.2) is 72.3 Å². The number of ether oxygens (including phenoxy) is 1. The molecule has 0 heterocycles. The van der Waals surface area contributed by atoms with Crippen molar-refractivity contribution in [3.05, 3.63) is 89.0 Å². The average molecular weight is 389 g/mol. The summed E-state index contributed by atoms with van der Waals surface area (Å²) < 4.78 is 5.04. The van der Waals surface area contributed by atoms with E-state index in [0.717, 1.165) is 18.4 Å². The molecule has 0 aromatic heterocycles. The molecular weight excluding hydrogens is 360 g/mol. The summed E-state index contributed by atoms with van der Waals surface area (Å²) in [6.45, 7) is 4.32. The van der Waals surface area contributed by atoms with E-state index in [0.29, 0.717) is 30.9 Å². The molecular formula is C26H28O3. The second kappa shape index (κ2) is 10.0. The lowest BCUT2D eigenvalue weighted by atomic mass is 9.86. The summed E-state index contributed by atoms with van der Waals surface area (Å²) in [6.07, 6.45) is 7.06.